The van der Waals surface area contributed by atoms with Crippen molar-refractivity contribution in [2.24, 2.45) is 5.92 Å². The van der Waals surface area contributed by atoms with Gasteiger partial charge in [-0.1, -0.05) is 49.6 Å². The van der Waals surface area contributed by atoms with Crippen LogP contribution < -0.4 is 21.9 Å². The van der Waals surface area contributed by atoms with Crippen molar-refractivity contribution in [2.45, 2.75) is 69.1 Å². The van der Waals surface area contributed by atoms with Crippen LogP contribution in [0.1, 0.15) is 43.9 Å². The van der Waals surface area contributed by atoms with E-state index in [-0.39, 0.29) is 29.4 Å². The van der Waals surface area contributed by atoms with Crippen LogP contribution in [-0.4, -0.2) is 72.4 Å². The molecule has 7 N–H and O–H groups in total. The highest BCUT2D eigenvalue weighted by Crippen LogP contribution is 2.31. The highest BCUT2D eigenvalue weighted by molar-refractivity contribution is 5.90. The first-order chi connectivity index (χ1) is 18.8. The minimum Gasteiger partial charge on any atom is -0.387 e. The summed E-state index contributed by atoms with van der Waals surface area (Å²) in [5, 5.41) is 27.1. The average Bonchev–Trinajstić information content (AvgIpc) is 3.48. The lowest BCUT2D eigenvalue weighted by Gasteiger charge is -2.25. The number of rotatable bonds is 8. The van der Waals surface area contributed by atoms with Gasteiger partial charge in [-0.2, -0.15) is 4.98 Å². The number of aromatic nitrogens is 4. The number of nitrogens with zero attached hydrogens (tertiary/aromatic N) is 3. The molecule has 2 fully saturated rings. The summed E-state index contributed by atoms with van der Waals surface area (Å²) in [5.41, 5.74) is 5.89. The molecule has 13 heteroatoms. The molecule has 0 radical (unpaired) electrons. The molecule has 0 bridgehead atoms. The van der Waals surface area contributed by atoms with Gasteiger partial charge in [-0.25, -0.2) is 4.98 Å². The van der Waals surface area contributed by atoms with Crippen molar-refractivity contribution < 1.29 is 24.5 Å². The molecular weight excluding hydrogens is 506 g/mol. The fourth-order valence-electron chi connectivity index (χ4n) is 5.31. The largest absolute Gasteiger partial charge is 0.387 e. The smallest absolute Gasteiger partial charge is 0.280 e. The topological polar surface area (TPSA) is 197 Å². The van der Waals surface area contributed by atoms with Gasteiger partial charge in [-0.3, -0.25) is 23.9 Å². The Morgan fingerprint density at radius 1 is 1.15 bits per heavy atom. The van der Waals surface area contributed by atoms with E-state index in [9.17, 15) is 24.6 Å². The highest BCUT2D eigenvalue weighted by atomic mass is 16.6. The molecular formula is C26H33N7O6. The molecule has 13 nitrogen and oxygen atoms in total. The van der Waals surface area contributed by atoms with Crippen molar-refractivity contribution in [3.8, 4) is 0 Å². The van der Waals surface area contributed by atoms with Gasteiger partial charge in [0.25, 0.3) is 11.5 Å². The number of amides is 2. The number of hydrogen-bond donors (Lipinski definition) is 6. The number of nitrogens with one attached hydrogen (secondary N) is 3. The third kappa shape index (κ3) is 5.79. The summed E-state index contributed by atoms with van der Waals surface area (Å²) in [5.74, 6) is -0.847. The first-order valence-corrected chi connectivity index (χ1v) is 13.2. The number of carbonyl (C=O) groups excluding carboxylic acids is 2. The number of H-pyrrole nitrogens is 1. The van der Waals surface area contributed by atoms with Gasteiger partial charge in [-0.15, -0.1) is 0 Å². The molecule has 5 rings (SSSR count). The Hall–Kier alpha value is -3.81. The minimum absolute atomic E-state index is 0.0256. The van der Waals surface area contributed by atoms with E-state index in [1.807, 2.05) is 30.3 Å². The standard InChI is InChI=1S/C26H33N7O6/c27-26-31-21-17(23(37)32-26)29-13-33(21)25-19(35)18(34)20(39-25)24(38)30-16(11-14-7-3-1-4-8-14)22(36)28-12-15-9-5-2-6-10-15/h1,3-4,7-8,13,15-16,18-20,25,34-35H,2,5-6,9-12H2,(H,28,36)(H,30,38)(H3,27,31,32,37)/t16-,18+,19-,20+,25-/m1/s1. The van der Waals surface area contributed by atoms with Crippen LogP contribution in [-0.2, 0) is 20.7 Å². The number of fused-ring (bicyclic) bond motifs is 1. The van der Waals surface area contributed by atoms with Gasteiger partial charge in [0.2, 0.25) is 11.9 Å². The highest BCUT2D eigenvalue weighted by Gasteiger charge is 2.48. The first-order valence-electron chi connectivity index (χ1n) is 13.2. The van der Waals surface area contributed by atoms with Gasteiger partial charge >= 0.3 is 0 Å². The Morgan fingerprint density at radius 3 is 2.64 bits per heavy atom. The molecule has 1 saturated heterocycles. The molecule has 2 amide bonds. The van der Waals surface area contributed by atoms with Gasteiger partial charge in [0.05, 0.1) is 6.33 Å². The normalized spacial score (nSPS) is 24.5. The van der Waals surface area contributed by atoms with E-state index in [0.717, 1.165) is 31.2 Å². The second-order valence-electron chi connectivity index (χ2n) is 10.2. The molecule has 2 aromatic heterocycles. The monoisotopic (exact) mass is 539 g/mol. The van der Waals surface area contributed by atoms with Crippen LogP contribution in [0.5, 0.6) is 0 Å². The number of imidazole rings is 1. The maximum Gasteiger partial charge on any atom is 0.280 e. The van der Waals surface area contributed by atoms with Gasteiger partial charge in [-0.05, 0) is 24.3 Å². The van der Waals surface area contributed by atoms with Crippen LogP contribution in [0.2, 0.25) is 0 Å². The number of nitrogen functional groups attached to an aromatic ring is 1. The Morgan fingerprint density at radius 2 is 1.90 bits per heavy atom. The van der Waals surface area contributed by atoms with Crippen molar-refractivity contribution in [1.82, 2.24) is 30.2 Å². The van der Waals surface area contributed by atoms with Crippen molar-refractivity contribution in [1.29, 1.82) is 0 Å². The van der Waals surface area contributed by atoms with E-state index in [4.69, 9.17) is 10.5 Å². The third-order valence-electron chi connectivity index (χ3n) is 7.43. The fourth-order valence-corrected chi connectivity index (χ4v) is 5.31. The molecule has 5 atom stereocenters. The van der Waals surface area contributed by atoms with Crippen LogP contribution in [0.4, 0.5) is 5.95 Å². The van der Waals surface area contributed by atoms with E-state index in [2.05, 4.69) is 25.6 Å². The number of anilines is 1. The van der Waals surface area contributed by atoms with E-state index in [0.29, 0.717) is 12.5 Å². The summed E-state index contributed by atoms with van der Waals surface area (Å²) in [7, 11) is 0. The van der Waals surface area contributed by atoms with Gasteiger partial charge in [0, 0.05) is 13.0 Å². The van der Waals surface area contributed by atoms with Crippen molar-refractivity contribution in [3.63, 3.8) is 0 Å². The molecule has 1 aliphatic carbocycles. The zero-order valence-corrected chi connectivity index (χ0v) is 21.3. The SMILES string of the molecule is Nc1nc2c(ncn2[C@@H]2O[C@H](C(=O)N[C@H](Cc3ccccc3)C(=O)NCC3CCCCC3)[C@@H](O)[C@H]2O)c(=O)[nH]1. The number of aromatic amines is 1. The Labute approximate surface area is 223 Å². The molecule has 39 heavy (non-hydrogen) atoms. The van der Waals surface area contributed by atoms with Crippen LogP contribution in [0.3, 0.4) is 0 Å². The molecule has 3 heterocycles. The second kappa shape index (κ2) is 11.5. The molecule has 1 aliphatic heterocycles. The van der Waals surface area contributed by atoms with Crippen molar-refractivity contribution >= 4 is 28.9 Å². The molecule has 2 aliphatic rings. The Bertz CT molecular complexity index is 1370. The molecule has 1 aromatic carbocycles. The number of ether oxygens (including phenoxy) is 1. The zero-order valence-electron chi connectivity index (χ0n) is 21.3. The lowest BCUT2D eigenvalue weighted by Crippen LogP contribution is -2.53. The Balaban J connectivity index is 1.31. The van der Waals surface area contributed by atoms with E-state index in [1.165, 1.54) is 17.3 Å². The average molecular weight is 540 g/mol. The molecule has 1 saturated carbocycles. The lowest BCUT2D eigenvalue weighted by atomic mass is 9.89. The fraction of sp³-hybridized carbons (Fsp3) is 0.500. The summed E-state index contributed by atoms with van der Waals surface area (Å²) in [6.45, 7) is 0.534. The third-order valence-corrected chi connectivity index (χ3v) is 7.43. The number of benzene rings is 1. The summed E-state index contributed by atoms with van der Waals surface area (Å²) < 4.78 is 6.99. The van der Waals surface area contributed by atoms with Crippen LogP contribution in [0, 0.1) is 5.92 Å². The predicted octanol–water partition coefficient (Wildman–Crippen LogP) is -0.255. The predicted molar refractivity (Wildman–Crippen MR) is 140 cm³/mol. The van der Waals surface area contributed by atoms with Crippen LogP contribution >= 0.6 is 0 Å². The van der Waals surface area contributed by atoms with Crippen molar-refractivity contribution in [3.05, 3.63) is 52.6 Å². The van der Waals surface area contributed by atoms with E-state index in [1.54, 1.807) is 0 Å². The number of nitrogens with two attached hydrogens (primary N) is 1. The molecule has 0 spiro atoms. The summed E-state index contributed by atoms with van der Waals surface area (Å²) in [6, 6.07) is 8.35. The quantitative estimate of drug-likeness (QED) is 0.223. The van der Waals surface area contributed by atoms with Gasteiger partial charge in [0.1, 0.15) is 18.2 Å². The zero-order chi connectivity index (χ0) is 27.5. The van der Waals surface area contributed by atoms with Crippen molar-refractivity contribution in [2.75, 3.05) is 12.3 Å². The lowest BCUT2D eigenvalue weighted by molar-refractivity contribution is -0.140. The number of carbonyl (C=O) groups is 2. The van der Waals surface area contributed by atoms with E-state index < -0.39 is 42.0 Å². The second-order valence-corrected chi connectivity index (χ2v) is 10.2. The van der Waals surface area contributed by atoms with Crippen LogP contribution in [0.15, 0.2) is 41.5 Å². The molecule has 0 unspecified atom stereocenters. The summed E-state index contributed by atoms with van der Waals surface area (Å²) in [6.07, 6.45) is 1.14. The number of hydrogen-bond acceptors (Lipinski definition) is 9. The maximum atomic E-state index is 13.3. The maximum absolute atomic E-state index is 13.3. The van der Waals surface area contributed by atoms with Gasteiger partial charge < -0.3 is 31.3 Å². The van der Waals surface area contributed by atoms with E-state index >= 15 is 0 Å². The molecule has 208 valence electrons. The van der Waals surface area contributed by atoms with Gasteiger partial charge in [0.15, 0.2) is 23.5 Å². The summed E-state index contributed by atoms with van der Waals surface area (Å²) >= 11 is 0. The minimum atomic E-state index is -1.62. The Kier molecular flexibility index (Phi) is 7.91. The number of aliphatic hydroxyl groups is 2. The van der Waals surface area contributed by atoms with Crippen LogP contribution in [0.25, 0.3) is 11.2 Å². The molecule has 3 aromatic rings. The first kappa shape index (κ1) is 26.8. The number of aliphatic hydroxyl groups excluding tert-OH is 2. The summed E-state index contributed by atoms with van der Waals surface area (Å²) in [4.78, 5) is 49.0.